The quantitative estimate of drug-likeness (QED) is 0.0285. The lowest BCUT2D eigenvalue weighted by atomic mass is 9.85. The number of primary amides is 2. The number of ketones is 2. The number of aromatic hydroxyl groups is 1. The monoisotopic (exact) mass is 1940 g/mol. The van der Waals surface area contributed by atoms with Crippen molar-refractivity contribution in [3.05, 3.63) is 114 Å². The van der Waals surface area contributed by atoms with Crippen LogP contribution in [0.1, 0.15) is 237 Å². The van der Waals surface area contributed by atoms with Crippen LogP contribution in [-0.4, -0.2) is 234 Å². The summed E-state index contributed by atoms with van der Waals surface area (Å²) in [7, 11) is 0. The third kappa shape index (κ3) is 38.8. The summed E-state index contributed by atoms with van der Waals surface area (Å²) in [5, 5.41) is 71.4. The van der Waals surface area contributed by atoms with E-state index in [1.54, 1.807) is 88.5 Å². The molecule has 0 aliphatic carbocycles. The molecule has 764 valence electrons. The number of Topliss-reactive ketones (excluding diaryl/α,β-unsaturated/α-hetero) is 2. The number of fused-ring (bicyclic) bond motifs is 1. The zero-order chi connectivity index (χ0) is 104. The summed E-state index contributed by atoms with van der Waals surface area (Å²) in [4.78, 5) is 284. The van der Waals surface area contributed by atoms with Gasteiger partial charge in [0.2, 0.25) is 100 Å². The number of nitrogens with one attached hydrogen (secondary N) is 16. The number of hydrogen-bond acceptors (Lipinski definition) is 22. The Morgan fingerprint density at radius 1 is 0.518 bits per heavy atom. The van der Waals surface area contributed by atoms with Gasteiger partial charge in [0.05, 0.1) is 23.6 Å². The molecule has 41 nitrogen and oxygen atoms in total. The molecule has 2 heterocycles. The highest BCUT2D eigenvalue weighted by Crippen LogP contribution is 2.27. The molecule has 0 radical (unpaired) electrons. The summed E-state index contributed by atoms with van der Waals surface area (Å²) >= 11 is 0. The number of phenols is 1. The molecule has 1 aliphatic rings. The molecular weight excluding hydrogens is 1800 g/mol. The van der Waals surface area contributed by atoms with Gasteiger partial charge in [-0.3, -0.25) is 95.9 Å². The van der Waals surface area contributed by atoms with E-state index < -0.39 is 264 Å². The van der Waals surface area contributed by atoms with Gasteiger partial charge in [-0.25, -0.2) is 0 Å². The molecule has 139 heavy (non-hydrogen) atoms. The number of para-hydroxylation sites is 1. The van der Waals surface area contributed by atoms with Crippen LogP contribution >= 0.6 is 0 Å². The van der Waals surface area contributed by atoms with Crippen molar-refractivity contribution in [3.63, 3.8) is 0 Å². The second kappa shape index (κ2) is 55.2. The topological polar surface area (TPSA) is 650 Å². The molecule has 0 saturated heterocycles. The predicted octanol–water partition coefficient (Wildman–Crippen LogP) is 1.82. The fraction of sp³-hybridized carbons (Fsp3) is 0.571. The van der Waals surface area contributed by atoms with E-state index in [1.807, 2.05) is 12.2 Å². The van der Waals surface area contributed by atoms with Crippen LogP contribution in [0.25, 0.3) is 10.9 Å². The third-order valence-electron chi connectivity index (χ3n) is 24.0. The van der Waals surface area contributed by atoms with Gasteiger partial charge in [-0.2, -0.15) is 0 Å². The van der Waals surface area contributed by atoms with Crippen LogP contribution in [0.3, 0.4) is 0 Å². The number of aliphatic hydroxyl groups is 1. The number of aromatic nitrogens is 1. The molecule has 1 aromatic heterocycles. The van der Waals surface area contributed by atoms with Crippen molar-refractivity contribution < 1.29 is 111 Å². The molecule has 0 saturated carbocycles. The number of carboxylic acids is 1. The average molecular weight is 1940 g/mol. The van der Waals surface area contributed by atoms with Crippen molar-refractivity contribution in [3.8, 4) is 5.75 Å². The summed E-state index contributed by atoms with van der Waals surface area (Å²) in [6.45, 7) is 23.1. The Bertz CT molecular complexity index is 5020. The molecule has 41 heteroatoms. The maximum absolute atomic E-state index is 15.6. The van der Waals surface area contributed by atoms with E-state index in [9.17, 15) is 82.4 Å². The molecule has 0 spiro atoms. The van der Waals surface area contributed by atoms with Crippen LogP contribution in [0.15, 0.2) is 97.2 Å². The minimum absolute atomic E-state index is 0.00579. The smallest absolute Gasteiger partial charge is 0.303 e. The lowest BCUT2D eigenvalue weighted by Gasteiger charge is -2.34. The third-order valence-corrected chi connectivity index (χ3v) is 24.0. The second-order valence-electron chi connectivity index (χ2n) is 38.1. The van der Waals surface area contributed by atoms with Gasteiger partial charge in [-0.1, -0.05) is 134 Å². The highest BCUT2D eigenvalue weighted by molar-refractivity contribution is 6.03. The zero-order valence-corrected chi connectivity index (χ0v) is 82.4. The van der Waals surface area contributed by atoms with Gasteiger partial charge in [0.1, 0.15) is 83.3 Å². The van der Waals surface area contributed by atoms with Gasteiger partial charge in [0.25, 0.3) is 0 Å². The highest BCUT2D eigenvalue weighted by atomic mass is 16.4. The van der Waals surface area contributed by atoms with Crippen molar-refractivity contribution in [1.82, 2.24) is 84.7 Å². The maximum atomic E-state index is 15.6. The second-order valence-corrected chi connectivity index (χ2v) is 38.1. The standard InChI is InChI=1S/C98H144N18O23/c1-53(2)45-65-50-76(120)70(39-41-78(99)122)109-85(129)59(9)106-88(132)75(49-66-52-101-69-34-28-27-33-68(66)69)111-89(133)73(48-64-35-37-67(119)38-36-64)110-87(131)71(40-42-79(123)124)113-95(139)98(16,116-91(135)74(47-63-31-25-24-26-32-63)112-92(136)80(61(11)117)114-90(134)72(46-54(3)4)108-62(12)118)44-30-23-21-19-17-18-20-22-29-43-97(15,115-86(65)130)94(138)107-60(10)84(128)105-58(8)83(127)104-57(7)82(126)103-56(6)81(125)102-55(5)77(121)51-96(13,14)93(100)137/h18,20,24-28,31-38,52-61,65,70-75,80,101,117,119H,17,19,21-23,29-30,39-51H2,1-16H3,(H2,99,122)(H2,100,137)(H,102,125)(H,103,126)(H,104,127)(H,105,128)(H,106,132)(H,107,138)(H,108,118)(H,109,129)(H,110,131)(H,111,133)(H,112,136)(H,113,139)(H,114,134)(H,115,130)(H,116,135)(H,123,124)/b20-18+/t55?,56?,57?,58?,59?,60?,61-,65-,70+,71+,72+,73+,74+,75+,80+,97+,98-/m1/s1. The fourth-order valence-corrected chi connectivity index (χ4v) is 15.5. The Labute approximate surface area is 810 Å². The van der Waals surface area contributed by atoms with Gasteiger partial charge in [0, 0.05) is 74.9 Å². The van der Waals surface area contributed by atoms with Crippen molar-refractivity contribution in [2.24, 2.45) is 34.6 Å². The lowest BCUT2D eigenvalue weighted by Crippen LogP contribution is -2.65. The number of phenolic OH excluding ortho intramolecular Hbond substituents is 1. The Hall–Kier alpha value is -13.5. The molecule has 17 atom stereocenters. The van der Waals surface area contributed by atoms with E-state index in [-0.39, 0.29) is 75.4 Å². The Morgan fingerprint density at radius 2 is 1.05 bits per heavy atom. The van der Waals surface area contributed by atoms with Gasteiger partial charge in [-0.15, -0.1) is 0 Å². The molecule has 23 N–H and O–H groups in total. The normalized spacial score (nSPS) is 21.8. The lowest BCUT2D eigenvalue weighted by molar-refractivity contribution is -0.140. The number of nitrogens with two attached hydrogens (primary N) is 2. The molecule has 0 fully saturated rings. The average Bonchev–Trinajstić information content (AvgIpc) is 1.80. The number of amides is 17. The molecule has 3 aromatic carbocycles. The van der Waals surface area contributed by atoms with Crippen LogP contribution in [0.5, 0.6) is 5.75 Å². The minimum Gasteiger partial charge on any atom is -0.508 e. The van der Waals surface area contributed by atoms with E-state index >= 15 is 28.8 Å². The summed E-state index contributed by atoms with van der Waals surface area (Å²) in [6.07, 6.45) is 1.90. The van der Waals surface area contributed by atoms with Gasteiger partial charge < -0.3 is 112 Å². The fourth-order valence-electron chi connectivity index (χ4n) is 15.5. The van der Waals surface area contributed by atoms with E-state index in [2.05, 4.69) is 84.7 Å². The number of carbonyl (C=O) groups is 20. The summed E-state index contributed by atoms with van der Waals surface area (Å²) in [5.41, 5.74) is 7.76. The SMILES string of the molecule is CC(=O)N[C@@H](CC(C)C)C(=O)N[C@H](C(=O)N[C@@H](Cc1ccccc1)C(=O)N[C@]1(C)CCCCCC/C=C/CCC[C@@](C)(C(=O)NC(C)C(=O)NC(C)C(=O)NC(C)C(=O)NC(C)C(=O)NC(C)C(=O)CC(C)(C)C(N)=O)NC(=O)[C@H](CC(C)C)CC(=O)[C@H](CCC(N)=O)NC(=O)C(C)NC(=O)[C@H](Cc2c[nH]c3ccccc23)NC(=O)[C@H](Cc2ccc(O)cc2)NC(=O)[C@H](CCC(=O)O)NC1=O)[C@@H](C)O. The van der Waals surface area contributed by atoms with Gasteiger partial charge in [-0.05, 0) is 173 Å². The number of H-pyrrole nitrogens is 1. The van der Waals surface area contributed by atoms with Crippen molar-refractivity contribution in [1.29, 1.82) is 0 Å². The molecule has 1 aliphatic heterocycles. The highest BCUT2D eigenvalue weighted by Gasteiger charge is 2.44. The summed E-state index contributed by atoms with van der Waals surface area (Å²) in [6, 6.07) is 1.49. The van der Waals surface area contributed by atoms with Gasteiger partial charge in [0.15, 0.2) is 11.6 Å². The predicted molar refractivity (Wildman–Crippen MR) is 514 cm³/mol. The molecule has 4 aromatic rings. The van der Waals surface area contributed by atoms with Crippen molar-refractivity contribution in [2.75, 3.05) is 0 Å². The van der Waals surface area contributed by atoms with Crippen LogP contribution in [-0.2, 0) is 115 Å². The largest absolute Gasteiger partial charge is 0.508 e. The van der Waals surface area contributed by atoms with Crippen molar-refractivity contribution in [2.45, 2.75) is 335 Å². The van der Waals surface area contributed by atoms with Crippen molar-refractivity contribution >= 4 is 129 Å². The van der Waals surface area contributed by atoms with E-state index in [0.29, 0.717) is 59.7 Å². The van der Waals surface area contributed by atoms with E-state index in [1.165, 1.54) is 107 Å². The summed E-state index contributed by atoms with van der Waals surface area (Å²) in [5.74, 6) is -19.9. The number of carboxylic acid groups (broad SMARTS) is 1. The number of aliphatic hydroxyl groups excluding tert-OH is 1. The van der Waals surface area contributed by atoms with E-state index in [0.717, 1.165) is 0 Å². The number of aliphatic carboxylic acids is 1. The first-order valence-corrected chi connectivity index (χ1v) is 47.2. The number of carbonyl (C=O) groups excluding carboxylic acids is 19. The molecular formula is C98H144N18O23. The maximum Gasteiger partial charge on any atom is 0.303 e. The number of rotatable bonds is 38. The molecule has 5 rings (SSSR count). The Balaban J connectivity index is 1.58. The molecule has 17 amide bonds. The van der Waals surface area contributed by atoms with Crippen LogP contribution < -0.4 is 91.2 Å². The number of benzene rings is 3. The first kappa shape index (κ1) is 116. The van der Waals surface area contributed by atoms with Gasteiger partial charge >= 0.3 is 5.97 Å². The first-order valence-electron chi connectivity index (χ1n) is 47.2. The number of allylic oxidation sites excluding steroid dienone is 2. The Kier molecular flexibility index (Phi) is 46.1. The zero-order valence-electron chi connectivity index (χ0n) is 82.4. The Morgan fingerprint density at radius 3 is 1.61 bits per heavy atom. The molecule has 0 bridgehead atoms. The number of aromatic amines is 1. The summed E-state index contributed by atoms with van der Waals surface area (Å²) < 4.78 is 0. The van der Waals surface area contributed by atoms with Crippen LogP contribution in [0.4, 0.5) is 0 Å². The number of hydrogen-bond donors (Lipinski definition) is 21. The van der Waals surface area contributed by atoms with Crippen LogP contribution in [0, 0.1) is 23.2 Å². The first-order chi connectivity index (χ1) is 65.1. The molecule has 6 unspecified atom stereocenters. The minimum atomic E-state index is -2.08. The van der Waals surface area contributed by atoms with E-state index in [4.69, 9.17) is 11.5 Å². The van der Waals surface area contributed by atoms with Crippen LogP contribution in [0.2, 0.25) is 0 Å².